The van der Waals surface area contributed by atoms with Gasteiger partial charge in [-0.1, -0.05) is 32.1 Å². The van der Waals surface area contributed by atoms with Crippen molar-refractivity contribution >= 4 is 19.2 Å². The van der Waals surface area contributed by atoms with Crippen molar-refractivity contribution in [2.45, 2.75) is 57.2 Å². The third-order valence-corrected chi connectivity index (χ3v) is 4.43. The fourth-order valence-electron chi connectivity index (χ4n) is 2.34. The summed E-state index contributed by atoms with van der Waals surface area (Å²) in [6.07, 6.45) is 10.7. The molecule has 0 aromatic carbocycles. The summed E-state index contributed by atoms with van der Waals surface area (Å²) in [5.74, 6) is 0. The van der Waals surface area contributed by atoms with Crippen molar-refractivity contribution in [1.82, 2.24) is 4.98 Å². The van der Waals surface area contributed by atoms with Gasteiger partial charge in [-0.3, -0.25) is 0 Å². The van der Waals surface area contributed by atoms with Gasteiger partial charge in [0.15, 0.2) is 0 Å². The Morgan fingerprint density at radius 1 is 1.20 bits per heavy atom. The van der Waals surface area contributed by atoms with Gasteiger partial charge in [-0.15, -0.1) is 11.3 Å². The van der Waals surface area contributed by atoms with Crippen molar-refractivity contribution in [1.29, 1.82) is 0 Å². The van der Waals surface area contributed by atoms with Crippen LogP contribution in [0.3, 0.4) is 0 Å². The number of hydrogen-bond acceptors (Lipinski definition) is 2. The van der Waals surface area contributed by atoms with Crippen molar-refractivity contribution in [3.8, 4) is 0 Å². The van der Waals surface area contributed by atoms with Gasteiger partial charge in [0.1, 0.15) is 0 Å². The summed E-state index contributed by atoms with van der Waals surface area (Å²) < 4.78 is 0. The van der Waals surface area contributed by atoms with Crippen LogP contribution in [0.15, 0.2) is 6.20 Å². The Morgan fingerprint density at radius 2 is 1.80 bits per heavy atom. The van der Waals surface area contributed by atoms with Crippen LogP contribution >= 0.6 is 11.3 Å². The summed E-state index contributed by atoms with van der Waals surface area (Å²) in [7, 11) is 6.51. The molecule has 0 amide bonds. The van der Waals surface area contributed by atoms with E-state index in [0.717, 1.165) is 17.8 Å². The standard InChI is InChI=1S/C12H18BNS/c1-10-9-14-11(15-10)12(13)7-5-3-2-4-6-8-12/h9H,2-8H2,1H3. The lowest BCUT2D eigenvalue weighted by Gasteiger charge is -2.29. The van der Waals surface area contributed by atoms with Crippen molar-refractivity contribution in [3.05, 3.63) is 16.1 Å². The van der Waals surface area contributed by atoms with Gasteiger partial charge in [0.2, 0.25) is 0 Å². The molecule has 0 unspecified atom stereocenters. The average molecular weight is 219 g/mol. The zero-order valence-electron chi connectivity index (χ0n) is 9.46. The highest BCUT2D eigenvalue weighted by molar-refractivity contribution is 7.11. The fraction of sp³-hybridized carbons (Fsp3) is 0.750. The molecule has 3 heteroatoms. The molecule has 1 aliphatic rings. The van der Waals surface area contributed by atoms with Gasteiger partial charge < -0.3 is 0 Å². The maximum absolute atomic E-state index is 6.51. The van der Waals surface area contributed by atoms with Crippen LogP contribution in [0.25, 0.3) is 0 Å². The molecule has 1 aromatic heterocycles. The summed E-state index contributed by atoms with van der Waals surface area (Å²) in [5.41, 5.74) is 0. The lowest BCUT2D eigenvalue weighted by Crippen LogP contribution is -2.27. The molecule has 0 aliphatic heterocycles. The van der Waals surface area contributed by atoms with E-state index >= 15 is 0 Å². The maximum Gasteiger partial charge on any atom is 0.0901 e. The van der Waals surface area contributed by atoms with Gasteiger partial charge >= 0.3 is 0 Å². The van der Waals surface area contributed by atoms with E-state index in [2.05, 4.69) is 11.9 Å². The predicted molar refractivity (Wildman–Crippen MR) is 66.6 cm³/mol. The first-order chi connectivity index (χ1) is 7.21. The summed E-state index contributed by atoms with van der Waals surface area (Å²) in [5, 5.41) is 1.03. The Kier molecular flexibility index (Phi) is 3.50. The van der Waals surface area contributed by atoms with E-state index in [9.17, 15) is 0 Å². The van der Waals surface area contributed by atoms with Crippen LogP contribution in [-0.2, 0) is 5.31 Å². The molecule has 0 bridgehead atoms. The molecular weight excluding hydrogens is 201 g/mol. The highest BCUT2D eigenvalue weighted by Crippen LogP contribution is 2.36. The first kappa shape index (κ1) is 11.2. The Morgan fingerprint density at radius 3 is 2.33 bits per heavy atom. The molecule has 1 heterocycles. The highest BCUT2D eigenvalue weighted by Gasteiger charge is 2.28. The van der Waals surface area contributed by atoms with Gasteiger partial charge in [-0.2, -0.15) is 0 Å². The predicted octanol–water partition coefficient (Wildman–Crippen LogP) is 3.56. The normalized spacial score (nSPS) is 21.9. The third-order valence-electron chi connectivity index (χ3n) is 3.29. The minimum Gasteiger partial charge on any atom is -0.250 e. The molecule has 0 N–H and O–H groups in total. The molecule has 0 spiro atoms. The lowest BCUT2D eigenvalue weighted by molar-refractivity contribution is 0.414. The quantitative estimate of drug-likeness (QED) is 0.658. The lowest BCUT2D eigenvalue weighted by atomic mass is 9.62. The van der Waals surface area contributed by atoms with Crippen LogP contribution in [-0.4, -0.2) is 12.8 Å². The molecule has 2 rings (SSSR count). The smallest absolute Gasteiger partial charge is 0.0901 e. The van der Waals surface area contributed by atoms with E-state index in [1.54, 1.807) is 11.3 Å². The second-order valence-corrected chi connectivity index (χ2v) is 5.93. The van der Waals surface area contributed by atoms with Crippen LogP contribution < -0.4 is 0 Å². The topological polar surface area (TPSA) is 12.9 Å². The van der Waals surface area contributed by atoms with Crippen LogP contribution in [0.5, 0.6) is 0 Å². The Hall–Kier alpha value is -0.305. The first-order valence-electron chi connectivity index (χ1n) is 5.92. The van der Waals surface area contributed by atoms with Crippen LogP contribution in [0.2, 0.25) is 0 Å². The number of hydrogen-bond donors (Lipinski definition) is 0. The van der Waals surface area contributed by atoms with Crippen molar-refractivity contribution in [2.75, 3.05) is 0 Å². The van der Waals surface area contributed by atoms with Gasteiger partial charge in [-0.05, 0) is 25.1 Å². The van der Waals surface area contributed by atoms with E-state index in [1.165, 1.54) is 37.0 Å². The van der Waals surface area contributed by atoms with Gasteiger partial charge in [0.05, 0.1) is 12.9 Å². The number of aryl methyl sites for hydroxylation is 1. The summed E-state index contributed by atoms with van der Waals surface area (Å²) >= 11 is 1.77. The van der Waals surface area contributed by atoms with E-state index in [4.69, 9.17) is 7.85 Å². The zero-order valence-corrected chi connectivity index (χ0v) is 10.3. The van der Waals surface area contributed by atoms with E-state index < -0.39 is 0 Å². The largest absolute Gasteiger partial charge is 0.250 e. The van der Waals surface area contributed by atoms with Crippen LogP contribution in [0.4, 0.5) is 0 Å². The minimum atomic E-state index is -0.126. The Balaban J connectivity index is 2.15. The van der Waals surface area contributed by atoms with Crippen molar-refractivity contribution < 1.29 is 0 Å². The number of nitrogens with zero attached hydrogens (tertiary/aromatic N) is 1. The zero-order chi connectivity index (χ0) is 10.7. The van der Waals surface area contributed by atoms with Crippen molar-refractivity contribution in [3.63, 3.8) is 0 Å². The SMILES string of the molecule is [B]C1(c2ncc(C)s2)CCCCCCC1. The molecule has 1 nitrogen and oxygen atoms in total. The highest BCUT2D eigenvalue weighted by atomic mass is 32.1. The second kappa shape index (κ2) is 4.69. The molecule has 0 saturated heterocycles. The van der Waals surface area contributed by atoms with E-state index in [1.807, 2.05) is 6.20 Å². The minimum absolute atomic E-state index is 0.126. The molecule has 0 atom stereocenters. The van der Waals surface area contributed by atoms with Gasteiger partial charge in [0.25, 0.3) is 0 Å². The number of aromatic nitrogens is 1. The molecule has 1 saturated carbocycles. The summed E-state index contributed by atoms with van der Waals surface area (Å²) in [4.78, 5) is 5.75. The molecule has 80 valence electrons. The average Bonchev–Trinajstić information content (AvgIpc) is 2.59. The van der Waals surface area contributed by atoms with E-state index in [0.29, 0.717) is 0 Å². The van der Waals surface area contributed by atoms with Crippen molar-refractivity contribution in [2.24, 2.45) is 0 Å². The molecule has 1 aromatic rings. The van der Waals surface area contributed by atoms with E-state index in [-0.39, 0.29) is 5.31 Å². The van der Waals surface area contributed by atoms with Crippen LogP contribution in [0, 0.1) is 6.92 Å². The molecular formula is C12H18BNS. The summed E-state index contributed by atoms with van der Waals surface area (Å²) in [6, 6.07) is 0. The molecule has 1 fully saturated rings. The molecule has 2 radical (unpaired) electrons. The van der Waals surface area contributed by atoms with Crippen LogP contribution in [0.1, 0.15) is 54.8 Å². The second-order valence-electron chi connectivity index (χ2n) is 4.70. The first-order valence-corrected chi connectivity index (χ1v) is 6.74. The van der Waals surface area contributed by atoms with Gasteiger partial charge in [0, 0.05) is 11.1 Å². The fourth-order valence-corrected chi connectivity index (χ4v) is 3.26. The Bertz CT molecular complexity index is 313. The summed E-state index contributed by atoms with van der Waals surface area (Å²) in [6.45, 7) is 2.10. The third kappa shape index (κ3) is 2.63. The number of rotatable bonds is 1. The molecule has 1 aliphatic carbocycles. The van der Waals surface area contributed by atoms with Gasteiger partial charge in [-0.25, -0.2) is 4.98 Å². The molecule has 15 heavy (non-hydrogen) atoms. The Labute approximate surface area is 97.7 Å². The maximum atomic E-state index is 6.51. The number of thiazole rings is 1. The monoisotopic (exact) mass is 219 g/mol.